The van der Waals surface area contributed by atoms with Crippen LogP contribution in [0.25, 0.3) is 33.6 Å². The van der Waals surface area contributed by atoms with E-state index in [1.54, 1.807) is 48.8 Å². The highest BCUT2D eigenvalue weighted by Crippen LogP contribution is 2.30. The molecule has 3 aromatic heterocycles. The molecule has 5 rings (SSSR count). The number of carboxylic acid groups (broad SMARTS) is 1. The second-order valence-corrected chi connectivity index (χ2v) is 11.4. The van der Waals surface area contributed by atoms with Gasteiger partial charge in [-0.1, -0.05) is 33.6 Å². The van der Waals surface area contributed by atoms with Crippen molar-refractivity contribution in [2.24, 2.45) is 0 Å². The van der Waals surface area contributed by atoms with Crippen molar-refractivity contribution in [3.8, 4) is 0 Å². The molecule has 182 valence electrons. The number of rotatable bonds is 7. The van der Waals surface area contributed by atoms with Crippen molar-refractivity contribution in [1.29, 1.82) is 0 Å². The van der Waals surface area contributed by atoms with Crippen molar-refractivity contribution >= 4 is 65.3 Å². The van der Waals surface area contributed by atoms with Crippen LogP contribution in [-0.4, -0.2) is 45.0 Å². The number of carbonyl (C=O) groups is 1. The predicted octanol–water partition coefficient (Wildman–Crippen LogP) is 5.08. The van der Waals surface area contributed by atoms with Crippen molar-refractivity contribution in [1.82, 2.24) is 19.7 Å². The smallest absolute Gasteiger partial charge is 0.336 e. The Morgan fingerprint density at radius 3 is 2.67 bits per heavy atom. The summed E-state index contributed by atoms with van der Waals surface area (Å²) in [5.41, 5.74) is 3.24. The van der Waals surface area contributed by atoms with E-state index in [1.165, 1.54) is 10.8 Å². The van der Waals surface area contributed by atoms with Gasteiger partial charge in [0.15, 0.2) is 15.5 Å². The molecule has 0 amide bonds. The summed E-state index contributed by atoms with van der Waals surface area (Å²) in [5.74, 6) is -1.28. The van der Waals surface area contributed by atoms with Crippen LogP contribution in [0.3, 0.4) is 0 Å². The second-order valence-electron chi connectivity index (χ2n) is 8.37. The first-order valence-corrected chi connectivity index (χ1v) is 13.5. The maximum absolute atomic E-state index is 12.9. The second kappa shape index (κ2) is 9.36. The van der Waals surface area contributed by atoms with E-state index in [9.17, 15) is 18.3 Å². The molecule has 0 atom stereocenters. The number of aryl methyl sites for hydroxylation is 2. The van der Waals surface area contributed by atoms with Gasteiger partial charge in [0.2, 0.25) is 0 Å². The third kappa shape index (κ3) is 4.57. The van der Waals surface area contributed by atoms with Crippen LogP contribution < -0.4 is 0 Å². The summed E-state index contributed by atoms with van der Waals surface area (Å²) in [4.78, 5) is 20.0. The molecule has 0 aliphatic carbocycles. The third-order valence-corrected chi connectivity index (χ3v) is 8.14. The third-order valence-electron chi connectivity index (χ3n) is 5.93. The summed E-state index contributed by atoms with van der Waals surface area (Å²) in [5, 5.41) is 16.0. The first-order chi connectivity index (χ1) is 17.2. The van der Waals surface area contributed by atoms with Gasteiger partial charge in [0.1, 0.15) is 0 Å². The Morgan fingerprint density at radius 2 is 1.92 bits per heavy atom. The highest BCUT2D eigenvalue weighted by Gasteiger charge is 2.20. The summed E-state index contributed by atoms with van der Waals surface area (Å²) in [6.07, 6.45) is 4.75. The van der Waals surface area contributed by atoms with Crippen molar-refractivity contribution < 1.29 is 18.3 Å². The van der Waals surface area contributed by atoms with Gasteiger partial charge in [-0.15, -0.1) is 0 Å². The molecule has 10 heteroatoms. The number of pyridine rings is 1. The molecular weight excluding hydrogens is 544 g/mol. The molecule has 0 aliphatic heterocycles. The molecule has 0 fully saturated rings. The molecule has 8 nitrogen and oxygen atoms in total. The van der Waals surface area contributed by atoms with Crippen LogP contribution >= 0.6 is 15.9 Å². The van der Waals surface area contributed by atoms with E-state index in [4.69, 9.17) is 0 Å². The van der Waals surface area contributed by atoms with Crippen molar-refractivity contribution in [3.05, 3.63) is 88.3 Å². The van der Waals surface area contributed by atoms with Gasteiger partial charge >= 0.3 is 5.97 Å². The van der Waals surface area contributed by atoms with Crippen LogP contribution in [0, 0.1) is 6.92 Å². The van der Waals surface area contributed by atoms with Crippen molar-refractivity contribution in [2.45, 2.75) is 18.4 Å². The molecular formula is C26H21BrN4O4S. The normalized spacial score (nSPS) is 12.4. The van der Waals surface area contributed by atoms with Gasteiger partial charge in [-0.2, -0.15) is 5.10 Å². The van der Waals surface area contributed by atoms with E-state index in [-0.39, 0.29) is 22.8 Å². The summed E-state index contributed by atoms with van der Waals surface area (Å²) in [7, 11) is -3.54. The van der Waals surface area contributed by atoms with Gasteiger partial charge < -0.3 is 10.1 Å². The molecule has 0 saturated heterocycles. The van der Waals surface area contributed by atoms with Gasteiger partial charge in [0, 0.05) is 38.7 Å². The van der Waals surface area contributed by atoms with E-state index >= 15 is 0 Å². The Morgan fingerprint density at radius 1 is 1.14 bits per heavy atom. The molecule has 0 unspecified atom stereocenters. The fourth-order valence-electron chi connectivity index (χ4n) is 4.07. The molecule has 2 N–H and O–H groups in total. The highest BCUT2D eigenvalue weighted by molar-refractivity contribution is 9.10. The number of fused-ring (bicyclic) bond motifs is 2. The number of aromatic amines is 1. The van der Waals surface area contributed by atoms with E-state index < -0.39 is 15.8 Å². The SMILES string of the molecule is Cc1ccc(S(=O)(=O)CCn2nc(/C=C(/C(=O)O)c3c[nH]c4ccc(Br)cc34)c3cccnc32)cc1. The molecule has 0 radical (unpaired) electrons. The number of nitrogens with one attached hydrogen (secondary N) is 1. The lowest BCUT2D eigenvalue weighted by Gasteiger charge is -2.06. The first kappa shape index (κ1) is 24.0. The van der Waals surface area contributed by atoms with Crippen LogP contribution in [0.2, 0.25) is 0 Å². The standard InChI is InChI=1S/C26H21BrN4O4S/c1-16-4-7-18(8-5-16)36(34,35)12-11-31-25-19(3-2-10-28-25)24(30-31)14-21(26(32)33)22-15-29-23-9-6-17(27)13-20(22)23/h2-10,13-15,29H,11-12H2,1H3,(H,32,33)/b21-14+. The molecule has 36 heavy (non-hydrogen) atoms. The molecule has 2 aromatic carbocycles. The van der Waals surface area contributed by atoms with Gasteiger partial charge in [0.05, 0.1) is 28.5 Å². The maximum Gasteiger partial charge on any atom is 0.336 e. The number of carboxylic acids is 1. The molecule has 5 aromatic rings. The van der Waals surface area contributed by atoms with Crippen LogP contribution in [-0.2, 0) is 21.2 Å². The predicted molar refractivity (Wildman–Crippen MR) is 142 cm³/mol. The zero-order valence-electron chi connectivity index (χ0n) is 19.1. The summed E-state index contributed by atoms with van der Waals surface area (Å²) in [6, 6.07) is 15.8. The number of H-pyrrole nitrogens is 1. The molecule has 0 bridgehead atoms. The molecule has 0 aliphatic rings. The molecule has 0 spiro atoms. The monoisotopic (exact) mass is 564 g/mol. The van der Waals surface area contributed by atoms with E-state index in [0.29, 0.717) is 22.3 Å². The summed E-state index contributed by atoms with van der Waals surface area (Å²) < 4.78 is 28.1. The average molecular weight is 565 g/mol. The number of sulfone groups is 1. The zero-order chi connectivity index (χ0) is 25.4. The first-order valence-electron chi connectivity index (χ1n) is 11.1. The highest BCUT2D eigenvalue weighted by atomic mass is 79.9. The average Bonchev–Trinajstić information content (AvgIpc) is 3.42. The van der Waals surface area contributed by atoms with E-state index in [0.717, 1.165) is 20.9 Å². The number of benzene rings is 2. The van der Waals surface area contributed by atoms with Crippen molar-refractivity contribution in [2.75, 3.05) is 5.75 Å². The Balaban J connectivity index is 1.55. The number of nitrogens with zero attached hydrogens (tertiary/aromatic N) is 3. The number of halogens is 1. The lowest BCUT2D eigenvalue weighted by atomic mass is 10.0. The minimum absolute atomic E-state index is 0.0574. The van der Waals surface area contributed by atoms with Crippen LogP contribution in [0.15, 0.2) is 76.4 Å². The quantitative estimate of drug-likeness (QED) is 0.266. The molecule has 0 saturated carbocycles. The lowest BCUT2D eigenvalue weighted by Crippen LogP contribution is -2.14. The van der Waals surface area contributed by atoms with Gasteiger partial charge in [-0.25, -0.2) is 22.9 Å². The number of aliphatic carboxylic acids is 1. The fourth-order valence-corrected chi connectivity index (χ4v) is 5.63. The maximum atomic E-state index is 12.9. The minimum atomic E-state index is -3.54. The molecule has 3 heterocycles. The van der Waals surface area contributed by atoms with Crippen LogP contribution in [0.1, 0.15) is 16.8 Å². The number of hydrogen-bond acceptors (Lipinski definition) is 5. The van der Waals surface area contributed by atoms with Gasteiger partial charge in [0.25, 0.3) is 0 Å². The summed E-state index contributed by atoms with van der Waals surface area (Å²) in [6.45, 7) is 1.97. The largest absolute Gasteiger partial charge is 0.478 e. The van der Waals surface area contributed by atoms with Gasteiger partial charge in [-0.3, -0.25) is 0 Å². The Bertz CT molecular complexity index is 1750. The topological polar surface area (TPSA) is 118 Å². The fraction of sp³-hybridized carbons (Fsp3) is 0.115. The Kier molecular flexibility index (Phi) is 6.23. The summed E-state index contributed by atoms with van der Waals surface area (Å²) >= 11 is 3.44. The van der Waals surface area contributed by atoms with E-state index in [1.807, 2.05) is 25.1 Å². The minimum Gasteiger partial charge on any atom is -0.478 e. The zero-order valence-corrected chi connectivity index (χ0v) is 21.5. The van der Waals surface area contributed by atoms with Crippen molar-refractivity contribution in [3.63, 3.8) is 0 Å². The Hall–Kier alpha value is -3.76. The number of hydrogen-bond donors (Lipinski definition) is 2. The Labute approximate surface area is 215 Å². The van der Waals surface area contributed by atoms with Crippen LogP contribution in [0.4, 0.5) is 0 Å². The lowest BCUT2D eigenvalue weighted by molar-refractivity contribution is -0.130. The van der Waals surface area contributed by atoms with Crippen LogP contribution in [0.5, 0.6) is 0 Å². The number of aromatic nitrogens is 4. The van der Waals surface area contributed by atoms with Gasteiger partial charge in [-0.05, 0) is 55.5 Å². The van der Waals surface area contributed by atoms with E-state index in [2.05, 4.69) is 31.0 Å².